The summed E-state index contributed by atoms with van der Waals surface area (Å²) in [5, 5.41) is 5.15. The molecule has 2 aromatic heterocycles. The molecular weight excluding hydrogens is 407 g/mol. The fourth-order valence-electron chi connectivity index (χ4n) is 2.35. The van der Waals surface area contributed by atoms with Gasteiger partial charge in [-0.3, -0.25) is 14.9 Å². The lowest BCUT2D eigenvalue weighted by Crippen LogP contribution is -2.25. The predicted octanol–water partition coefficient (Wildman–Crippen LogP) is 2.10. The second-order valence-electron chi connectivity index (χ2n) is 6.47. The number of carbonyl (C=O) groups excluding carboxylic acids is 2. The van der Waals surface area contributed by atoms with Gasteiger partial charge in [0.05, 0.1) is 7.11 Å². The number of rotatable bonds is 8. The molecular formula is C18H18F3N5O4. The van der Waals surface area contributed by atoms with Gasteiger partial charge in [-0.15, -0.1) is 0 Å². The van der Waals surface area contributed by atoms with Gasteiger partial charge in [-0.05, 0) is 30.5 Å². The minimum absolute atomic E-state index is 0.00175. The monoisotopic (exact) mass is 425 g/mol. The smallest absolute Gasteiger partial charge is 0.422 e. The molecule has 0 aromatic carbocycles. The second kappa shape index (κ2) is 8.93. The van der Waals surface area contributed by atoms with Crippen molar-refractivity contribution in [1.82, 2.24) is 20.3 Å². The van der Waals surface area contributed by atoms with Crippen molar-refractivity contribution in [3.8, 4) is 11.6 Å². The van der Waals surface area contributed by atoms with Crippen LogP contribution in [0.3, 0.4) is 0 Å². The Morgan fingerprint density at radius 3 is 2.70 bits per heavy atom. The summed E-state index contributed by atoms with van der Waals surface area (Å²) in [4.78, 5) is 35.8. The summed E-state index contributed by atoms with van der Waals surface area (Å²) in [5.74, 6) is -1.02. The van der Waals surface area contributed by atoms with Crippen molar-refractivity contribution in [3.05, 3.63) is 35.8 Å². The zero-order valence-electron chi connectivity index (χ0n) is 15.8. The lowest BCUT2D eigenvalue weighted by molar-refractivity contribution is -0.154. The molecule has 0 bridgehead atoms. The highest BCUT2D eigenvalue weighted by atomic mass is 19.4. The fourth-order valence-corrected chi connectivity index (χ4v) is 2.35. The Bertz CT molecular complexity index is 934. The highest BCUT2D eigenvalue weighted by Gasteiger charge is 2.30. The van der Waals surface area contributed by atoms with Crippen LogP contribution >= 0.6 is 0 Å². The SMILES string of the molecule is COc1cc(CNC(=O)c2ccnc(NC(=O)C3CC3)n2)cnc1OCC(F)(F)F. The van der Waals surface area contributed by atoms with Crippen molar-refractivity contribution >= 4 is 17.8 Å². The Kier molecular flexibility index (Phi) is 6.33. The molecule has 1 saturated carbocycles. The zero-order valence-corrected chi connectivity index (χ0v) is 15.8. The molecule has 1 fully saturated rings. The van der Waals surface area contributed by atoms with Crippen LogP contribution in [-0.2, 0) is 11.3 Å². The van der Waals surface area contributed by atoms with E-state index in [1.165, 1.54) is 31.6 Å². The summed E-state index contributed by atoms with van der Waals surface area (Å²) in [7, 11) is 1.26. The number of ether oxygens (including phenoxy) is 2. The van der Waals surface area contributed by atoms with Gasteiger partial charge in [-0.2, -0.15) is 13.2 Å². The lowest BCUT2D eigenvalue weighted by atomic mass is 10.2. The van der Waals surface area contributed by atoms with E-state index >= 15 is 0 Å². The molecule has 9 nitrogen and oxygen atoms in total. The van der Waals surface area contributed by atoms with E-state index in [-0.39, 0.29) is 41.6 Å². The molecule has 2 heterocycles. The van der Waals surface area contributed by atoms with Crippen LogP contribution in [0.2, 0.25) is 0 Å². The van der Waals surface area contributed by atoms with Gasteiger partial charge in [0.15, 0.2) is 12.4 Å². The molecule has 0 aliphatic heterocycles. The quantitative estimate of drug-likeness (QED) is 0.666. The molecule has 2 aromatic rings. The van der Waals surface area contributed by atoms with E-state index in [9.17, 15) is 22.8 Å². The Balaban J connectivity index is 1.59. The van der Waals surface area contributed by atoms with E-state index in [0.29, 0.717) is 5.56 Å². The number of anilines is 1. The maximum Gasteiger partial charge on any atom is 0.422 e. The summed E-state index contributed by atoms with van der Waals surface area (Å²) in [6.07, 6.45) is -0.251. The first-order chi connectivity index (χ1) is 14.2. The molecule has 2 N–H and O–H groups in total. The van der Waals surface area contributed by atoms with Gasteiger partial charge >= 0.3 is 6.18 Å². The van der Waals surface area contributed by atoms with Crippen molar-refractivity contribution < 1.29 is 32.2 Å². The third-order valence-electron chi connectivity index (χ3n) is 3.99. The molecule has 12 heteroatoms. The van der Waals surface area contributed by atoms with Crippen LogP contribution in [-0.4, -0.2) is 46.7 Å². The molecule has 0 atom stereocenters. The predicted molar refractivity (Wildman–Crippen MR) is 96.9 cm³/mol. The maximum atomic E-state index is 12.3. The van der Waals surface area contributed by atoms with Crippen molar-refractivity contribution in [2.24, 2.45) is 5.92 Å². The van der Waals surface area contributed by atoms with Crippen molar-refractivity contribution in [2.75, 3.05) is 19.0 Å². The first-order valence-corrected chi connectivity index (χ1v) is 8.90. The van der Waals surface area contributed by atoms with E-state index in [2.05, 4.69) is 30.3 Å². The second-order valence-corrected chi connectivity index (χ2v) is 6.47. The third kappa shape index (κ3) is 6.03. The van der Waals surface area contributed by atoms with Crippen LogP contribution in [0.5, 0.6) is 11.6 Å². The number of nitrogens with one attached hydrogen (secondary N) is 2. The molecule has 1 aliphatic rings. The average Bonchev–Trinajstić information content (AvgIpc) is 3.55. The number of amides is 2. The van der Waals surface area contributed by atoms with Crippen molar-refractivity contribution in [3.63, 3.8) is 0 Å². The number of nitrogens with zero attached hydrogens (tertiary/aromatic N) is 3. The van der Waals surface area contributed by atoms with Crippen LogP contribution < -0.4 is 20.1 Å². The van der Waals surface area contributed by atoms with Crippen molar-refractivity contribution in [1.29, 1.82) is 0 Å². The van der Waals surface area contributed by atoms with Crippen LogP contribution in [0.4, 0.5) is 19.1 Å². The van der Waals surface area contributed by atoms with E-state index in [1.807, 2.05) is 0 Å². The maximum absolute atomic E-state index is 12.3. The Hall–Kier alpha value is -3.44. The van der Waals surface area contributed by atoms with E-state index in [4.69, 9.17) is 4.74 Å². The van der Waals surface area contributed by atoms with Gasteiger partial charge in [0, 0.05) is 24.9 Å². The summed E-state index contributed by atoms with van der Waals surface area (Å²) in [6, 6.07) is 2.79. The lowest BCUT2D eigenvalue weighted by Gasteiger charge is -2.12. The van der Waals surface area contributed by atoms with E-state index in [0.717, 1.165) is 12.8 Å². The molecule has 0 radical (unpaired) electrons. The first-order valence-electron chi connectivity index (χ1n) is 8.90. The number of carbonyl (C=O) groups is 2. The largest absolute Gasteiger partial charge is 0.491 e. The van der Waals surface area contributed by atoms with Crippen LogP contribution in [0.1, 0.15) is 28.9 Å². The Morgan fingerprint density at radius 2 is 2.03 bits per heavy atom. The molecule has 160 valence electrons. The number of alkyl halides is 3. The standard InChI is InChI=1S/C18H18F3N5O4/c1-29-13-6-10(8-24-16(13)30-9-18(19,20)21)7-23-15(28)12-4-5-22-17(25-12)26-14(27)11-2-3-11/h4-6,8,11H,2-3,7,9H2,1H3,(H,23,28)(H,22,25,26,27). The molecule has 2 amide bonds. The molecule has 0 unspecified atom stereocenters. The zero-order chi connectivity index (χ0) is 21.7. The topological polar surface area (TPSA) is 115 Å². The summed E-state index contributed by atoms with van der Waals surface area (Å²) < 4.78 is 46.5. The summed E-state index contributed by atoms with van der Waals surface area (Å²) in [6.45, 7) is -1.49. The van der Waals surface area contributed by atoms with Gasteiger partial charge in [0.2, 0.25) is 11.9 Å². The Labute approximate surface area is 169 Å². The molecule has 1 aliphatic carbocycles. The number of halogens is 3. The van der Waals surface area contributed by atoms with Crippen LogP contribution in [0.15, 0.2) is 24.5 Å². The normalized spacial score (nSPS) is 13.5. The average molecular weight is 425 g/mol. The van der Waals surface area contributed by atoms with Gasteiger partial charge < -0.3 is 14.8 Å². The van der Waals surface area contributed by atoms with E-state index in [1.54, 1.807) is 0 Å². The molecule has 3 rings (SSSR count). The van der Waals surface area contributed by atoms with Gasteiger partial charge in [-0.1, -0.05) is 0 Å². The summed E-state index contributed by atoms with van der Waals surface area (Å²) >= 11 is 0. The molecule has 30 heavy (non-hydrogen) atoms. The summed E-state index contributed by atoms with van der Waals surface area (Å²) in [5.41, 5.74) is 0.511. The van der Waals surface area contributed by atoms with Gasteiger partial charge in [0.1, 0.15) is 5.69 Å². The highest BCUT2D eigenvalue weighted by molar-refractivity contribution is 5.94. The van der Waals surface area contributed by atoms with Crippen LogP contribution in [0, 0.1) is 5.92 Å². The molecule has 0 spiro atoms. The van der Waals surface area contributed by atoms with E-state index < -0.39 is 18.7 Å². The van der Waals surface area contributed by atoms with Crippen molar-refractivity contribution in [2.45, 2.75) is 25.6 Å². The van der Waals surface area contributed by atoms with Gasteiger partial charge in [-0.25, -0.2) is 15.0 Å². The number of pyridine rings is 1. The highest BCUT2D eigenvalue weighted by Crippen LogP contribution is 2.30. The minimum atomic E-state index is -4.51. The number of aromatic nitrogens is 3. The minimum Gasteiger partial charge on any atom is -0.491 e. The van der Waals surface area contributed by atoms with Gasteiger partial charge in [0.25, 0.3) is 11.8 Å². The Morgan fingerprint density at radius 1 is 1.27 bits per heavy atom. The fraction of sp³-hybridized carbons (Fsp3) is 0.389. The number of hydrogen-bond donors (Lipinski definition) is 2. The first kappa shape index (κ1) is 21.3. The number of hydrogen-bond acceptors (Lipinski definition) is 7. The third-order valence-corrected chi connectivity index (χ3v) is 3.99. The van der Waals surface area contributed by atoms with Crippen LogP contribution in [0.25, 0.3) is 0 Å². The molecule has 0 saturated heterocycles. The number of methoxy groups -OCH3 is 1.